The molecule has 3 nitrogen and oxygen atoms in total. The van der Waals surface area contributed by atoms with Gasteiger partial charge in [0.05, 0.1) is 12.7 Å². The summed E-state index contributed by atoms with van der Waals surface area (Å²) >= 11 is 0. The molecule has 1 rings (SSSR count). The van der Waals surface area contributed by atoms with Crippen LogP contribution in [0.25, 0.3) is 0 Å². The van der Waals surface area contributed by atoms with Gasteiger partial charge < -0.3 is 9.84 Å². The number of alkyl halides is 2. The molecule has 0 amide bonds. The first-order valence-corrected chi connectivity index (χ1v) is 3.96. The second-order valence-electron chi connectivity index (χ2n) is 2.82. The summed E-state index contributed by atoms with van der Waals surface area (Å²) in [5.74, 6) is -11.0. The van der Waals surface area contributed by atoms with Gasteiger partial charge in [-0.3, -0.25) is 0 Å². The molecule has 0 aromatic heterocycles. The number of carboxylic acids is 1. The lowest BCUT2D eigenvalue weighted by atomic mass is 10.1. The van der Waals surface area contributed by atoms with Crippen molar-refractivity contribution in [2.75, 3.05) is 7.11 Å². The van der Waals surface area contributed by atoms with E-state index in [0.717, 1.165) is 7.11 Å². The van der Waals surface area contributed by atoms with Gasteiger partial charge in [-0.05, 0) is 12.1 Å². The van der Waals surface area contributed by atoms with E-state index in [9.17, 15) is 22.4 Å². The third kappa shape index (κ3) is 1.80. The van der Waals surface area contributed by atoms with Crippen molar-refractivity contribution in [2.45, 2.75) is 5.92 Å². The number of carbonyl (C=O) groups is 1. The van der Waals surface area contributed by atoms with Crippen molar-refractivity contribution in [1.82, 2.24) is 0 Å². The van der Waals surface area contributed by atoms with Crippen LogP contribution in [-0.2, 0) is 10.7 Å². The minimum Gasteiger partial charge on any atom is -0.493 e. The topological polar surface area (TPSA) is 46.5 Å². The Kier molecular flexibility index (Phi) is 3.06. The molecule has 0 saturated heterocycles. The number of ether oxygens (including phenoxy) is 1. The average molecular weight is 238 g/mol. The average Bonchev–Trinajstić information content (AvgIpc) is 2.21. The number of aliphatic carboxylic acids is 1. The Hall–Kier alpha value is -1.79. The lowest BCUT2D eigenvalue weighted by Gasteiger charge is -2.15. The molecular formula is C9H6F4O3. The Morgan fingerprint density at radius 1 is 1.38 bits per heavy atom. The van der Waals surface area contributed by atoms with E-state index in [2.05, 4.69) is 4.74 Å². The van der Waals surface area contributed by atoms with Crippen molar-refractivity contribution in [2.24, 2.45) is 0 Å². The van der Waals surface area contributed by atoms with Crippen molar-refractivity contribution in [3.63, 3.8) is 0 Å². The summed E-state index contributed by atoms with van der Waals surface area (Å²) in [6.07, 6.45) is 0. The molecule has 16 heavy (non-hydrogen) atoms. The van der Waals surface area contributed by atoms with Crippen molar-refractivity contribution in [3.8, 4) is 5.75 Å². The number of methoxy groups -OCH3 is 1. The second-order valence-corrected chi connectivity index (χ2v) is 2.82. The zero-order chi connectivity index (χ0) is 12.5. The normalized spacial score (nSPS) is 11.3. The van der Waals surface area contributed by atoms with Crippen LogP contribution in [0.3, 0.4) is 0 Å². The van der Waals surface area contributed by atoms with E-state index in [1.165, 1.54) is 0 Å². The molecule has 1 aromatic carbocycles. The zero-order valence-corrected chi connectivity index (χ0v) is 7.93. The van der Waals surface area contributed by atoms with Crippen LogP contribution in [0.4, 0.5) is 17.6 Å². The first-order valence-electron chi connectivity index (χ1n) is 3.96. The van der Waals surface area contributed by atoms with E-state index >= 15 is 0 Å². The van der Waals surface area contributed by atoms with Gasteiger partial charge in [0.2, 0.25) is 5.82 Å². The molecule has 0 saturated carbocycles. The lowest BCUT2D eigenvalue weighted by molar-refractivity contribution is -0.166. The molecule has 7 heteroatoms. The molecule has 0 fully saturated rings. The highest BCUT2D eigenvalue weighted by atomic mass is 19.3. The van der Waals surface area contributed by atoms with Gasteiger partial charge >= 0.3 is 11.9 Å². The molecule has 0 atom stereocenters. The number of carboxylic acid groups (broad SMARTS) is 1. The van der Waals surface area contributed by atoms with Crippen LogP contribution < -0.4 is 4.74 Å². The Labute approximate surface area is 87.3 Å². The maximum absolute atomic E-state index is 13.1. The molecule has 0 heterocycles. The van der Waals surface area contributed by atoms with Gasteiger partial charge in [-0.1, -0.05) is 0 Å². The van der Waals surface area contributed by atoms with Crippen molar-refractivity contribution < 1.29 is 32.2 Å². The SMILES string of the molecule is COc1c(C(F)(F)C(=O)O)ccc(F)c1F. The van der Waals surface area contributed by atoms with Gasteiger partial charge in [-0.15, -0.1) is 0 Å². The van der Waals surface area contributed by atoms with Crippen LogP contribution in [0, 0.1) is 11.6 Å². The predicted molar refractivity (Wildman–Crippen MR) is 44.4 cm³/mol. The predicted octanol–water partition coefficient (Wildman–Crippen LogP) is 2.15. The fourth-order valence-electron chi connectivity index (χ4n) is 1.09. The number of halogens is 4. The van der Waals surface area contributed by atoms with E-state index in [1.54, 1.807) is 0 Å². The molecule has 1 N–H and O–H groups in total. The number of benzene rings is 1. The van der Waals surface area contributed by atoms with Gasteiger partial charge in [0.15, 0.2) is 11.6 Å². The summed E-state index contributed by atoms with van der Waals surface area (Å²) in [5.41, 5.74) is -1.23. The van der Waals surface area contributed by atoms with Gasteiger partial charge in [0.25, 0.3) is 0 Å². The van der Waals surface area contributed by atoms with Gasteiger partial charge in [-0.2, -0.15) is 13.2 Å². The smallest absolute Gasteiger partial charge is 0.379 e. The van der Waals surface area contributed by atoms with E-state index in [0.29, 0.717) is 12.1 Å². The minimum atomic E-state index is -4.35. The molecule has 0 spiro atoms. The van der Waals surface area contributed by atoms with Gasteiger partial charge in [-0.25, -0.2) is 9.18 Å². The first kappa shape index (κ1) is 12.3. The molecule has 1 aromatic rings. The minimum absolute atomic E-state index is 0.407. The standard InChI is InChI=1S/C9H6F4O3/c1-16-7-4(9(12,13)8(14)15)2-3-5(10)6(7)11/h2-3H,1H3,(H,14,15). The van der Waals surface area contributed by atoms with Gasteiger partial charge in [0.1, 0.15) is 0 Å². The number of hydrogen-bond donors (Lipinski definition) is 1. The molecule has 0 radical (unpaired) electrons. The maximum Gasteiger partial charge on any atom is 0.379 e. The van der Waals surface area contributed by atoms with E-state index in [1.807, 2.05) is 0 Å². The summed E-state index contributed by atoms with van der Waals surface area (Å²) in [5, 5.41) is 8.25. The molecular weight excluding hydrogens is 232 g/mol. The molecule has 0 aliphatic carbocycles. The monoisotopic (exact) mass is 238 g/mol. The molecule has 0 aliphatic heterocycles. The Balaban J connectivity index is 3.46. The first-order chi connectivity index (χ1) is 7.32. The molecule has 0 aliphatic rings. The Morgan fingerprint density at radius 2 is 1.94 bits per heavy atom. The van der Waals surface area contributed by atoms with E-state index in [-0.39, 0.29) is 0 Å². The summed E-state index contributed by atoms with van der Waals surface area (Å²) in [7, 11) is 0.833. The van der Waals surface area contributed by atoms with Crippen molar-refractivity contribution in [1.29, 1.82) is 0 Å². The highest BCUT2D eigenvalue weighted by Crippen LogP contribution is 2.37. The lowest BCUT2D eigenvalue weighted by Crippen LogP contribution is -2.26. The van der Waals surface area contributed by atoms with E-state index in [4.69, 9.17) is 5.11 Å². The third-order valence-electron chi connectivity index (χ3n) is 1.86. The highest BCUT2D eigenvalue weighted by Gasteiger charge is 2.44. The summed E-state index contributed by atoms with van der Waals surface area (Å²) < 4.78 is 56.1. The molecule has 0 bridgehead atoms. The van der Waals surface area contributed by atoms with Crippen LogP contribution in [0.5, 0.6) is 5.75 Å². The van der Waals surface area contributed by atoms with Gasteiger partial charge in [0, 0.05) is 0 Å². The second kappa shape index (κ2) is 3.99. The van der Waals surface area contributed by atoms with Crippen LogP contribution >= 0.6 is 0 Å². The molecule has 88 valence electrons. The fourth-order valence-corrected chi connectivity index (χ4v) is 1.09. The Morgan fingerprint density at radius 3 is 2.38 bits per heavy atom. The van der Waals surface area contributed by atoms with Crippen LogP contribution in [0.2, 0.25) is 0 Å². The van der Waals surface area contributed by atoms with E-state index < -0.39 is 34.8 Å². The van der Waals surface area contributed by atoms with Crippen LogP contribution in [0.15, 0.2) is 12.1 Å². The quantitative estimate of drug-likeness (QED) is 0.820. The molecule has 0 unspecified atom stereocenters. The summed E-state index contributed by atoms with van der Waals surface area (Å²) in [4.78, 5) is 10.3. The summed E-state index contributed by atoms with van der Waals surface area (Å²) in [6.45, 7) is 0. The third-order valence-corrected chi connectivity index (χ3v) is 1.86. The number of rotatable bonds is 3. The fraction of sp³-hybridized carbons (Fsp3) is 0.222. The van der Waals surface area contributed by atoms with Crippen molar-refractivity contribution >= 4 is 5.97 Å². The van der Waals surface area contributed by atoms with Crippen LogP contribution in [0.1, 0.15) is 5.56 Å². The Bertz CT molecular complexity index is 431. The maximum atomic E-state index is 13.1. The highest BCUT2D eigenvalue weighted by molar-refractivity contribution is 5.78. The number of hydrogen-bond acceptors (Lipinski definition) is 2. The summed E-state index contributed by atoms with van der Waals surface area (Å²) in [6, 6.07) is 0.870. The largest absolute Gasteiger partial charge is 0.493 e. The zero-order valence-electron chi connectivity index (χ0n) is 7.93. The van der Waals surface area contributed by atoms with Crippen LogP contribution in [-0.4, -0.2) is 18.2 Å². The van der Waals surface area contributed by atoms with Crippen molar-refractivity contribution in [3.05, 3.63) is 29.3 Å².